The molecule has 0 bridgehead atoms. The monoisotopic (exact) mass is 263 g/mol. The Morgan fingerprint density at radius 3 is 3.05 bits per heavy atom. The lowest BCUT2D eigenvalue weighted by Gasteiger charge is -2.32. The number of carbonyl (C=O) groups excluding carboxylic acids is 1. The summed E-state index contributed by atoms with van der Waals surface area (Å²) in [4.78, 5) is 27.1. The molecular weight excluding hydrogens is 250 g/mol. The van der Waals surface area contributed by atoms with E-state index in [1.165, 1.54) is 0 Å². The zero-order chi connectivity index (χ0) is 13.4. The van der Waals surface area contributed by atoms with Gasteiger partial charge in [-0.05, 0) is 12.1 Å². The van der Waals surface area contributed by atoms with Crippen molar-refractivity contribution in [3.05, 3.63) is 28.7 Å². The van der Waals surface area contributed by atoms with Crippen LogP contribution in [0.1, 0.15) is 0 Å². The van der Waals surface area contributed by atoms with E-state index in [1.807, 2.05) is 0 Å². The Morgan fingerprint density at radius 1 is 1.42 bits per heavy atom. The number of hydrogen-bond donors (Lipinski definition) is 2. The third-order valence-electron chi connectivity index (χ3n) is 3.11. The number of nitrogens with one attached hydrogen (secondary N) is 1. The summed E-state index contributed by atoms with van der Waals surface area (Å²) in [5.74, 6) is -0.651. The van der Waals surface area contributed by atoms with Crippen molar-refractivity contribution in [3.63, 3.8) is 0 Å². The number of rotatable bonds is 2. The van der Waals surface area contributed by atoms with Gasteiger partial charge in [0.05, 0.1) is 18.2 Å². The molecule has 3 rings (SSSR count). The second-order valence-electron chi connectivity index (χ2n) is 4.37. The molecule has 2 aromatic rings. The molecule has 0 aliphatic carbocycles. The van der Waals surface area contributed by atoms with E-state index in [9.17, 15) is 9.59 Å². The van der Waals surface area contributed by atoms with Crippen LogP contribution < -0.4 is 16.4 Å². The average molecular weight is 263 g/mol. The van der Waals surface area contributed by atoms with E-state index >= 15 is 0 Å². The maximum absolute atomic E-state index is 11.9. The summed E-state index contributed by atoms with van der Waals surface area (Å²) < 4.78 is 10.3. The van der Waals surface area contributed by atoms with Gasteiger partial charge in [0, 0.05) is 18.3 Å². The summed E-state index contributed by atoms with van der Waals surface area (Å²) in [6.07, 6.45) is -0.174. The number of H-pyrrole nitrogens is 1. The number of aromatic nitrogens is 1. The number of fused-ring (bicyclic) bond motifs is 1. The Morgan fingerprint density at radius 2 is 2.26 bits per heavy atom. The molecule has 19 heavy (non-hydrogen) atoms. The molecule has 1 aromatic heterocycles. The Balaban J connectivity index is 1.97. The fraction of sp³-hybridized carbons (Fsp3) is 0.333. The Kier molecular flexibility index (Phi) is 2.84. The van der Waals surface area contributed by atoms with E-state index in [2.05, 4.69) is 4.98 Å². The van der Waals surface area contributed by atoms with E-state index in [1.54, 1.807) is 23.1 Å². The second kappa shape index (κ2) is 4.52. The molecule has 3 N–H and O–H groups in total. The van der Waals surface area contributed by atoms with Crippen LogP contribution in [-0.4, -0.2) is 36.7 Å². The van der Waals surface area contributed by atoms with Crippen LogP contribution in [0.5, 0.6) is 0 Å². The first kappa shape index (κ1) is 11.9. The van der Waals surface area contributed by atoms with Crippen molar-refractivity contribution in [3.8, 4) is 0 Å². The van der Waals surface area contributed by atoms with Crippen molar-refractivity contribution in [2.45, 2.75) is 6.10 Å². The molecule has 1 aliphatic rings. The van der Waals surface area contributed by atoms with Crippen molar-refractivity contribution in [1.82, 2.24) is 4.98 Å². The highest BCUT2D eigenvalue weighted by molar-refractivity contribution is 5.96. The summed E-state index contributed by atoms with van der Waals surface area (Å²) in [7, 11) is 0. The number of amides is 1. The van der Waals surface area contributed by atoms with Crippen LogP contribution in [0.2, 0.25) is 0 Å². The summed E-state index contributed by atoms with van der Waals surface area (Å²) in [5, 5.41) is 0. The minimum absolute atomic E-state index is 0.0109. The van der Waals surface area contributed by atoms with E-state index in [0.717, 1.165) is 0 Å². The van der Waals surface area contributed by atoms with E-state index in [0.29, 0.717) is 29.9 Å². The first-order valence-electron chi connectivity index (χ1n) is 5.92. The van der Waals surface area contributed by atoms with Crippen molar-refractivity contribution < 1.29 is 13.9 Å². The first-order valence-corrected chi connectivity index (χ1v) is 5.92. The summed E-state index contributed by atoms with van der Waals surface area (Å²) in [6, 6.07) is 5.12. The number of carbonyl (C=O) groups is 1. The van der Waals surface area contributed by atoms with E-state index in [-0.39, 0.29) is 18.6 Å². The van der Waals surface area contributed by atoms with Gasteiger partial charge in [0.25, 0.3) is 5.91 Å². The Labute approximate surface area is 107 Å². The maximum Gasteiger partial charge on any atom is 0.417 e. The van der Waals surface area contributed by atoms with Gasteiger partial charge >= 0.3 is 5.76 Å². The summed E-state index contributed by atoms with van der Waals surface area (Å²) in [5.41, 5.74) is 7.25. The number of benzene rings is 1. The summed E-state index contributed by atoms with van der Waals surface area (Å²) in [6.45, 7) is 0.762. The van der Waals surface area contributed by atoms with Gasteiger partial charge in [-0.3, -0.25) is 9.78 Å². The molecule has 1 fully saturated rings. The van der Waals surface area contributed by atoms with E-state index in [4.69, 9.17) is 14.9 Å². The number of hydrogen-bond acceptors (Lipinski definition) is 5. The fourth-order valence-corrected chi connectivity index (χ4v) is 2.12. The lowest BCUT2D eigenvalue weighted by Crippen LogP contribution is -2.49. The largest absolute Gasteiger partial charge is 0.417 e. The third kappa shape index (κ3) is 2.13. The van der Waals surface area contributed by atoms with Gasteiger partial charge in [0.2, 0.25) is 0 Å². The number of oxazole rings is 1. The smallest absolute Gasteiger partial charge is 0.408 e. The predicted molar refractivity (Wildman–Crippen MR) is 68.0 cm³/mol. The lowest BCUT2D eigenvalue weighted by molar-refractivity contribution is -0.128. The molecule has 1 aromatic carbocycles. The molecule has 1 saturated heterocycles. The molecule has 2 heterocycles. The Hall–Kier alpha value is -2.12. The zero-order valence-electron chi connectivity index (χ0n) is 10.1. The zero-order valence-corrected chi connectivity index (χ0v) is 10.1. The topological polar surface area (TPSA) is 102 Å². The van der Waals surface area contributed by atoms with Crippen LogP contribution >= 0.6 is 0 Å². The van der Waals surface area contributed by atoms with Crippen LogP contribution in [0.3, 0.4) is 0 Å². The lowest BCUT2D eigenvalue weighted by atomic mass is 10.2. The number of nitrogens with two attached hydrogens (primary N) is 1. The third-order valence-corrected chi connectivity index (χ3v) is 3.11. The minimum Gasteiger partial charge on any atom is -0.408 e. The van der Waals surface area contributed by atoms with Gasteiger partial charge in [-0.25, -0.2) is 4.79 Å². The molecular formula is C12H13N3O4. The van der Waals surface area contributed by atoms with Gasteiger partial charge in [-0.15, -0.1) is 0 Å². The van der Waals surface area contributed by atoms with Crippen LogP contribution in [0, 0.1) is 0 Å². The van der Waals surface area contributed by atoms with Crippen molar-refractivity contribution in [2.24, 2.45) is 5.73 Å². The van der Waals surface area contributed by atoms with Gasteiger partial charge in [0.1, 0.15) is 6.61 Å². The molecule has 0 saturated carbocycles. The highest BCUT2D eigenvalue weighted by Crippen LogP contribution is 2.22. The minimum atomic E-state index is -0.514. The highest BCUT2D eigenvalue weighted by atomic mass is 16.5. The van der Waals surface area contributed by atoms with Gasteiger partial charge < -0.3 is 19.8 Å². The molecule has 0 spiro atoms. The molecule has 1 amide bonds. The predicted octanol–water partition coefficient (Wildman–Crippen LogP) is -0.188. The maximum atomic E-state index is 11.9. The van der Waals surface area contributed by atoms with E-state index < -0.39 is 5.76 Å². The average Bonchev–Trinajstić information content (AvgIpc) is 2.78. The number of aromatic amines is 1. The van der Waals surface area contributed by atoms with Gasteiger partial charge in [0.15, 0.2) is 5.58 Å². The number of anilines is 1. The number of ether oxygens (including phenoxy) is 1. The van der Waals surface area contributed by atoms with Crippen LogP contribution in [0.15, 0.2) is 27.4 Å². The van der Waals surface area contributed by atoms with Crippen molar-refractivity contribution in [1.29, 1.82) is 0 Å². The van der Waals surface area contributed by atoms with Crippen LogP contribution in [-0.2, 0) is 9.53 Å². The number of morpholine rings is 1. The van der Waals surface area contributed by atoms with Crippen molar-refractivity contribution in [2.75, 3.05) is 24.6 Å². The van der Waals surface area contributed by atoms with Crippen LogP contribution in [0.25, 0.3) is 11.1 Å². The molecule has 1 aliphatic heterocycles. The van der Waals surface area contributed by atoms with Crippen molar-refractivity contribution >= 4 is 22.7 Å². The second-order valence-corrected chi connectivity index (χ2v) is 4.37. The molecule has 7 heteroatoms. The highest BCUT2D eigenvalue weighted by Gasteiger charge is 2.26. The molecule has 7 nitrogen and oxygen atoms in total. The normalized spacial score (nSPS) is 20.2. The van der Waals surface area contributed by atoms with Gasteiger partial charge in [-0.2, -0.15) is 0 Å². The van der Waals surface area contributed by atoms with Gasteiger partial charge in [-0.1, -0.05) is 0 Å². The summed E-state index contributed by atoms with van der Waals surface area (Å²) >= 11 is 0. The first-order chi connectivity index (χ1) is 9.17. The fourth-order valence-electron chi connectivity index (χ4n) is 2.12. The SMILES string of the molecule is NCC1CN(c2ccc3[nH]c(=O)oc3c2)C(=O)CO1. The quantitative estimate of drug-likeness (QED) is 0.782. The molecule has 0 radical (unpaired) electrons. The molecule has 100 valence electrons. The van der Waals surface area contributed by atoms with Crippen LogP contribution in [0.4, 0.5) is 5.69 Å². The molecule has 1 unspecified atom stereocenters. The number of nitrogens with zero attached hydrogens (tertiary/aromatic N) is 1. The Bertz CT molecular complexity index is 675. The molecule has 1 atom stereocenters. The standard InChI is InChI=1S/C12H13N3O4/c13-4-8-5-15(11(16)6-18-8)7-1-2-9-10(3-7)19-12(17)14-9/h1-3,8H,4-6,13H2,(H,14,17).